The molecule has 60 heavy (non-hydrogen) atoms. The van der Waals surface area contributed by atoms with Crippen molar-refractivity contribution in [3.8, 4) is 33.4 Å². The first-order valence-corrected chi connectivity index (χ1v) is 22.0. The van der Waals surface area contributed by atoms with Crippen LogP contribution in [-0.4, -0.2) is 0 Å². The van der Waals surface area contributed by atoms with E-state index in [0.717, 1.165) is 29.9 Å². The molecule has 1 aromatic heterocycles. The quantitative estimate of drug-likeness (QED) is 0.168. The van der Waals surface area contributed by atoms with Crippen LogP contribution in [0.2, 0.25) is 0 Å². The Morgan fingerprint density at radius 2 is 0.983 bits per heavy atom. The zero-order valence-corrected chi connectivity index (χ0v) is 34.6. The van der Waals surface area contributed by atoms with Crippen LogP contribution in [0.1, 0.15) is 64.1 Å². The minimum Gasteiger partial charge on any atom is -0.310 e. The van der Waals surface area contributed by atoms with E-state index in [0.29, 0.717) is 0 Å². The Labute approximate surface area is 356 Å². The normalized spacial score (nSPS) is 14.9. The van der Waals surface area contributed by atoms with Crippen molar-refractivity contribution in [2.75, 3.05) is 4.90 Å². The molecule has 9 aromatic rings. The van der Waals surface area contributed by atoms with Crippen molar-refractivity contribution in [3.63, 3.8) is 0 Å². The Balaban J connectivity index is 1.02. The van der Waals surface area contributed by atoms with Gasteiger partial charge in [0.05, 0.1) is 5.41 Å². The third-order valence-corrected chi connectivity index (χ3v) is 14.9. The fourth-order valence-corrected chi connectivity index (χ4v) is 12.0. The van der Waals surface area contributed by atoms with Crippen molar-refractivity contribution in [1.82, 2.24) is 0 Å². The van der Waals surface area contributed by atoms with E-state index in [1.165, 1.54) is 87.3 Å². The minimum atomic E-state index is -0.421. The number of anilines is 3. The topological polar surface area (TPSA) is 3.24 Å². The summed E-state index contributed by atoms with van der Waals surface area (Å²) < 4.78 is 1.38. The first-order chi connectivity index (χ1) is 29.5. The number of hydrogen-bond acceptors (Lipinski definition) is 2. The number of aryl methyl sites for hydroxylation is 1. The zero-order chi connectivity index (χ0) is 40.0. The van der Waals surface area contributed by atoms with Gasteiger partial charge in [-0.15, -0.1) is 11.3 Å². The summed E-state index contributed by atoms with van der Waals surface area (Å²) in [5.74, 6) is 0. The van der Waals surface area contributed by atoms with Gasteiger partial charge in [0, 0.05) is 37.4 Å². The summed E-state index contributed by atoms with van der Waals surface area (Å²) >= 11 is 1.95. The molecule has 286 valence electrons. The number of hydrogen-bond donors (Lipinski definition) is 0. The van der Waals surface area contributed by atoms with Crippen molar-refractivity contribution in [1.29, 1.82) is 0 Å². The molecule has 3 aliphatic carbocycles. The number of allylic oxidation sites excluding steroid dienone is 1. The molecule has 0 saturated heterocycles. The lowest BCUT2D eigenvalue weighted by Crippen LogP contribution is -2.40. The Morgan fingerprint density at radius 1 is 0.450 bits per heavy atom. The number of thiophene rings is 1. The van der Waals surface area contributed by atoms with Gasteiger partial charge in [-0.05, 0) is 134 Å². The summed E-state index contributed by atoms with van der Waals surface area (Å²) in [6, 6.07) is 70.7. The zero-order valence-electron chi connectivity index (χ0n) is 33.8. The highest BCUT2D eigenvalue weighted by atomic mass is 32.1. The van der Waals surface area contributed by atoms with Crippen LogP contribution in [0, 0.1) is 0 Å². The maximum absolute atomic E-state index is 2.45. The van der Waals surface area contributed by atoms with Gasteiger partial charge in [0.25, 0.3) is 0 Å². The average Bonchev–Trinajstić information content (AvgIpc) is 3.83. The average molecular weight is 786 g/mol. The molecule has 0 atom stereocenters. The monoisotopic (exact) mass is 785 g/mol. The van der Waals surface area contributed by atoms with E-state index < -0.39 is 5.41 Å². The lowest BCUT2D eigenvalue weighted by molar-refractivity contribution is 0.563. The molecule has 0 unspecified atom stereocenters. The van der Waals surface area contributed by atoms with Crippen molar-refractivity contribution in [3.05, 3.63) is 238 Å². The highest BCUT2D eigenvalue weighted by Gasteiger charge is 2.53. The van der Waals surface area contributed by atoms with Gasteiger partial charge in [-0.2, -0.15) is 0 Å². The van der Waals surface area contributed by atoms with Crippen LogP contribution < -0.4 is 4.90 Å². The molecule has 1 nitrogen and oxygen atoms in total. The summed E-state index contributed by atoms with van der Waals surface area (Å²) in [5, 5.41) is 1.37. The van der Waals surface area contributed by atoms with E-state index in [1.54, 1.807) is 0 Å². The van der Waals surface area contributed by atoms with Crippen LogP contribution in [0.3, 0.4) is 0 Å². The van der Waals surface area contributed by atoms with Crippen molar-refractivity contribution >= 4 is 44.6 Å². The molecule has 0 amide bonds. The second kappa shape index (κ2) is 13.4. The first kappa shape index (κ1) is 35.2. The van der Waals surface area contributed by atoms with Crippen molar-refractivity contribution in [2.24, 2.45) is 0 Å². The molecule has 1 spiro atoms. The van der Waals surface area contributed by atoms with E-state index in [4.69, 9.17) is 0 Å². The van der Waals surface area contributed by atoms with Crippen LogP contribution in [-0.2, 0) is 17.3 Å². The van der Waals surface area contributed by atoms with Crippen LogP contribution in [0.15, 0.2) is 194 Å². The van der Waals surface area contributed by atoms with Gasteiger partial charge in [-0.25, -0.2) is 0 Å². The molecular weight excluding hydrogens is 743 g/mol. The summed E-state index contributed by atoms with van der Waals surface area (Å²) in [6.07, 6.45) is 6.93. The van der Waals surface area contributed by atoms with Crippen molar-refractivity contribution < 1.29 is 0 Å². The fourth-order valence-electron chi connectivity index (χ4n) is 10.8. The van der Waals surface area contributed by atoms with E-state index in [1.807, 2.05) is 11.3 Å². The Bertz CT molecular complexity index is 3110. The molecule has 0 bridgehead atoms. The molecule has 1 heterocycles. The summed E-state index contributed by atoms with van der Waals surface area (Å²) in [4.78, 5) is 3.94. The van der Waals surface area contributed by atoms with Gasteiger partial charge in [-0.3, -0.25) is 0 Å². The van der Waals surface area contributed by atoms with Crippen LogP contribution >= 0.6 is 11.3 Å². The van der Waals surface area contributed by atoms with Gasteiger partial charge in [0.1, 0.15) is 0 Å². The highest BCUT2D eigenvalue weighted by molar-refractivity contribution is 7.19. The van der Waals surface area contributed by atoms with Gasteiger partial charge in [-0.1, -0.05) is 166 Å². The van der Waals surface area contributed by atoms with E-state index >= 15 is 0 Å². The first-order valence-electron chi connectivity index (χ1n) is 21.2. The third-order valence-electron chi connectivity index (χ3n) is 13.6. The number of rotatable bonds is 5. The molecule has 8 aromatic carbocycles. The second-order valence-corrected chi connectivity index (χ2v) is 18.3. The molecule has 0 N–H and O–H groups in total. The second-order valence-electron chi connectivity index (χ2n) is 17.1. The van der Waals surface area contributed by atoms with E-state index in [9.17, 15) is 0 Å². The lowest BCUT2D eigenvalue weighted by atomic mass is 9.55. The summed E-state index contributed by atoms with van der Waals surface area (Å²) in [6.45, 7) is 4.78. The molecule has 0 saturated carbocycles. The standard InChI is InChI=1S/C58H43NS/c1-57(2)51-19-9-11-21-53(51)58(54-22-12-10-20-52(54)57)49-18-8-6-16-45(49)47-37-44(33-34-50(47)58)59(42-29-24-39(25-30-42)38-14-4-3-5-15-38)43-31-26-40(27-32-43)41-28-35-56-48(36-41)46-17-7-13-23-55(46)60-56/h3-12,14-22,24-37H,13,23H2,1-2H3. The molecule has 2 heteroatoms. The predicted molar refractivity (Wildman–Crippen MR) is 254 cm³/mol. The van der Waals surface area contributed by atoms with Gasteiger partial charge >= 0.3 is 0 Å². The molecule has 12 rings (SSSR count). The van der Waals surface area contributed by atoms with Gasteiger partial charge in [0.15, 0.2) is 0 Å². The Kier molecular flexibility index (Phi) is 7.86. The van der Waals surface area contributed by atoms with E-state index in [2.05, 4.69) is 219 Å². The van der Waals surface area contributed by atoms with Gasteiger partial charge < -0.3 is 4.90 Å². The lowest BCUT2D eigenvalue weighted by Gasteiger charge is -2.46. The minimum absolute atomic E-state index is 0.128. The largest absolute Gasteiger partial charge is 0.310 e. The van der Waals surface area contributed by atoms with Crippen LogP contribution in [0.25, 0.3) is 49.5 Å². The molecular formula is C58H43NS. The Morgan fingerprint density at radius 3 is 1.67 bits per heavy atom. The van der Waals surface area contributed by atoms with Crippen LogP contribution in [0.4, 0.5) is 17.1 Å². The summed E-state index contributed by atoms with van der Waals surface area (Å²) in [7, 11) is 0. The van der Waals surface area contributed by atoms with Gasteiger partial charge in [0.2, 0.25) is 0 Å². The fraction of sp³-hybridized carbons (Fsp3) is 0.103. The smallest absolute Gasteiger partial charge is 0.0719 e. The van der Waals surface area contributed by atoms with Crippen molar-refractivity contribution in [2.45, 2.75) is 37.5 Å². The summed E-state index contributed by atoms with van der Waals surface area (Å²) in [5.41, 5.74) is 20.0. The molecule has 0 fully saturated rings. The number of benzene rings is 8. The molecule has 0 radical (unpaired) electrons. The third kappa shape index (κ3) is 5.11. The molecule has 0 aliphatic heterocycles. The van der Waals surface area contributed by atoms with E-state index in [-0.39, 0.29) is 5.41 Å². The highest BCUT2D eigenvalue weighted by Crippen LogP contribution is 2.62. The number of fused-ring (bicyclic) bond motifs is 12. The van der Waals surface area contributed by atoms with Crippen LogP contribution in [0.5, 0.6) is 0 Å². The Hall–Kier alpha value is -6.74. The number of nitrogens with zero attached hydrogens (tertiary/aromatic N) is 1. The molecule has 3 aliphatic rings. The maximum Gasteiger partial charge on any atom is 0.0719 e. The maximum atomic E-state index is 2.45. The predicted octanol–water partition coefficient (Wildman–Crippen LogP) is 15.7. The SMILES string of the molecule is CC1(C)c2ccccc2C2(c3ccccc3-c3cc(N(c4ccc(-c5ccccc5)cc4)c4ccc(-c5ccc6sc7c(c6c5)C=CCC7)cc4)ccc32)c2ccccc21.